The third-order valence-corrected chi connectivity index (χ3v) is 15.5. The van der Waals surface area contributed by atoms with E-state index in [1.54, 1.807) is 0 Å². The van der Waals surface area contributed by atoms with E-state index >= 15 is 0 Å². The van der Waals surface area contributed by atoms with Gasteiger partial charge in [-0.05, 0) is 128 Å². The summed E-state index contributed by atoms with van der Waals surface area (Å²) in [6.45, 7) is 16.9. The van der Waals surface area contributed by atoms with Crippen LogP contribution in [0.5, 0.6) is 0 Å². The molecule has 1 unspecified atom stereocenters. The highest BCUT2D eigenvalue weighted by Crippen LogP contribution is 2.66. The minimum atomic E-state index is -0.319. The molecule has 13 rings (SSSR count). The molecule has 1 N–H and O–H groups in total. The molecule has 4 heteroatoms. The number of para-hydroxylation sites is 3. The summed E-state index contributed by atoms with van der Waals surface area (Å²) in [6.07, 6.45) is 2.37. The van der Waals surface area contributed by atoms with Crippen LogP contribution in [-0.2, 0) is 21.7 Å². The van der Waals surface area contributed by atoms with E-state index < -0.39 is 0 Å². The van der Waals surface area contributed by atoms with Crippen molar-refractivity contribution in [2.45, 2.75) is 83.0 Å². The van der Waals surface area contributed by atoms with Gasteiger partial charge in [-0.25, -0.2) is 0 Å². The first-order valence-corrected chi connectivity index (χ1v) is 21.5. The molecule has 59 heavy (non-hydrogen) atoms. The summed E-state index contributed by atoms with van der Waals surface area (Å²) in [5.41, 5.74) is 25.0. The fourth-order valence-corrected chi connectivity index (χ4v) is 12.3. The second kappa shape index (κ2) is 10.8. The second-order valence-corrected chi connectivity index (χ2v) is 19.9. The van der Waals surface area contributed by atoms with Gasteiger partial charge in [-0.3, -0.25) is 0 Å². The lowest BCUT2D eigenvalue weighted by Crippen LogP contribution is -2.49. The average Bonchev–Trinajstić information content (AvgIpc) is 3.74. The highest BCUT2D eigenvalue weighted by Gasteiger charge is 2.54. The Labute approximate surface area is 347 Å². The maximum atomic E-state index is 7.04. The van der Waals surface area contributed by atoms with Crippen molar-refractivity contribution in [1.29, 1.82) is 0 Å². The number of hydrogen-bond acceptors (Lipinski definition) is 3. The molecule has 0 saturated heterocycles. The van der Waals surface area contributed by atoms with Gasteiger partial charge in [-0.1, -0.05) is 132 Å². The highest BCUT2D eigenvalue weighted by molar-refractivity contribution is 6.73. The van der Waals surface area contributed by atoms with Crippen molar-refractivity contribution in [2.24, 2.45) is 0 Å². The van der Waals surface area contributed by atoms with Crippen LogP contribution < -0.4 is 21.1 Å². The fraction of sp³-hybridized carbons (Fsp3) is 0.236. The number of benzene rings is 7. The number of anilines is 5. The summed E-state index contributed by atoms with van der Waals surface area (Å²) in [6, 6.07) is 45.9. The Morgan fingerprint density at radius 2 is 1.27 bits per heavy atom. The summed E-state index contributed by atoms with van der Waals surface area (Å²) in [7, 11) is 2.49. The number of furan rings is 1. The molecule has 0 saturated carbocycles. The number of nitrogens with one attached hydrogen (secondary N) is 1. The third kappa shape index (κ3) is 4.06. The topological polar surface area (TPSA) is 28.4 Å². The molecular formula is C55H46BN2O. The van der Waals surface area contributed by atoms with Crippen molar-refractivity contribution < 1.29 is 4.42 Å². The lowest BCUT2D eigenvalue weighted by atomic mass is 9.53. The maximum Gasteiger partial charge on any atom is 0.197 e. The Kier molecular flexibility index (Phi) is 6.20. The van der Waals surface area contributed by atoms with Gasteiger partial charge in [0.05, 0.1) is 11.4 Å². The summed E-state index contributed by atoms with van der Waals surface area (Å²) >= 11 is 0. The standard InChI is InChI=1S/C55H46BN2O/c1-52(2)26-27-53(3,4)41-28-30(22-24-37(41)52)57-43-25-23-33-32-15-9-11-21-44(32)59-51(33)45(43)35-29-34-31-14-8-10-16-36(31)55(7)40-19-12-17-38-48(40)58-49-39(54(38,5)6)18-13-20-42(49)56-47(35)50(58)46(34)55/h8-25,28-29,57H,26-27H2,1-7H3. The third-order valence-electron chi connectivity index (χ3n) is 15.5. The fourth-order valence-electron chi connectivity index (χ4n) is 12.3. The zero-order valence-electron chi connectivity index (χ0n) is 34.9. The molecule has 4 heterocycles. The Hall–Kier alpha value is -6.00. The monoisotopic (exact) mass is 761 g/mol. The smallest absolute Gasteiger partial charge is 0.197 e. The summed E-state index contributed by atoms with van der Waals surface area (Å²) < 4.78 is 7.04. The SMILES string of the molecule is CC1(C)CCC(C)(C)c2cc(Nc3ccc4c(oc5ccccc54)c3-c3cc4c5c6c3[B]c3cccc7c3N6c3c(cccc3C5(C)c3ccccc3-4)C7(C)C)ccc21. The first kappa shape index (κ1) is 33.9. The molecule has 7 aromatic carbocycles. The molecule has 3 nitrogen and oxygen atoms in total. The zero-order chi connectivity index (χ0) is 40.0. The molecular weight excluding hydrogens is 715 g/mol. The van der Waals surface area contributed by atoms with Crippen LogP contribution in [0.25, 0.3) is 44.2 Å². The van der Waals surface area contributed by atoms with Crippen molar-refractivity contribution in [1.82, 2.24) is 0 Å². The average molecular weight is 762 g/mol. The van der Waals surface area contributed by atoms with Crippen LogP contribution in [0.1, 0.15) is 100 Å². The van der Waals surface area contributed by atoms with Crippen LogP contribution in [0.15, 0.2) is 126 Å². The summed E-state index contributed by atoms with van der Waals surface area (Å²) in [5.74, 6) is 0. The van der Waals surface area contributed by atoms with E-state index in [-0.39, 0.29) is 21.7 Å². The second-order valence-electron chi connectivity index (χ2n) is 19.9. The van der Waals surface area contributed by atoms with Crippen LogP contribution in [0.3, 0.4) is 0 Å². The van der Waals surface area contributed by atoms with E-state index in [1.165, 1.54) is 96.5 Å². The van der Waals surface area contributed by atoms with Crippen molar-refractivity contribution in [3.05, 3.63) is 160 Å². The molecule has 2 aliphatic carbocycles. The van der Waals surface area contributed by atoms with Gasteiger partial charge in [0.2, 0.25) is 0 Å². The molecule has 285 valence electrons. The Balaban J connectivity index is 1.14. The van der Waals surface area contributed by atoms with Gasteiger partial charge in [-0.2, -0.15) is 0 Å². The predicted octanol–water partition coefficient (Wildman–Crippen LogP) is 13.1. The normalized spacial score (nSPS) is 19.9. The highest BCUT2D eigenvalue weighted by atomic mass is 16.3. The Morgan fingerprint density at radius 1 is 0.559 bits per heavy atom. The van der Waals surface area contributed by atoms with Crippen LogP contribution in [-0.4, -0.2) is 7.28 Å². The molecule has 3 aliphatic heterocycles. The van der Waals surface area contributed by atoms with Gasteiger partial charge >= 0.3 is 0 Å². The van der Waals surface area contributed by atoms with Crippen LogP contribution in [0.4, 0.5) is 28.4 Å². The minimum Gasteiger partial charge on any atom is -0.455 e. The molecule has 5 aliphatic rings. The largest absolute Gasteiger partial charge is 0.455 e. The number of hydrogen-bond donors (Lipinski definition) is 1. The lowest BCUT2D eigenvalue weighted by Gasteiger charge is -2.52. The van der Waals surface area contributed by atoms with E-state index in [9.17, 15) is 0 Å². The van der Waals surface area contributed by atoms with Crippen molar-refractivity contribution >= 4 is 68.6 Å². The molecule has 0 bridgehead atoms. The van der Waals surface area contributed by atoms with E-state index in [4.69, 9.17) is 4.42 Å². The summed E-state index contributed by atoms with van der Waals surface area (Å²) in [5, 5.41) is 6.30. The Morgan fingerprint density at radius 3 is 2.12 bits per heavy atom. The van der Waals surface area contributed by atoms with Gasteiger partial charge in [0.25, 0.3) is 0 Å². The molecule has 0 spiro atoms. The van der Waals surface area contributed by atoms with Crippen molar-refractivity contribution in [3.63, 3.8) is 0 Å². The van der Waals surface area contributed by atoms with Crippen LogP contribution in [0.2, 0.25) is 0 Å². The van der Waals surface area contributed by atoms with Crippen LogP contribution in [0, 0.1) is 0 Å². The van der Waals surface area contributed by atoms with E-state index in [0.717, 1.165) is 38.9 Å². The number of nitrogens with zero attached hydrogens (tertiary/aromatic N) is 1. The van der Waals surface area contributed by atoms with Crippen molar-refractivity contribution in [2.75, 3.05) is 10.2 Å². The summed E-state index contributed by atoms with van der Waals surface area (Å²) in [4.78, 5) is 2.67. The van der Waals surface area contributed by atoms with Gasteiger partial charge < -0.3 is 14.6 Å². The van der Waals surface area contributed by atoms with E-state index in [0.29, 0.717) is 0 Å². The lowest BCUT2D eigenvalue weighted by molar-refractivity contribution is 0.332. The maximum absolute atomic E-state index is 7.04. The van der Waals surface area contributed by atoms with E-state index in [2.05, 4.69) is 187 Å². The van der Waals surface area contributed by atoms with Gasteiger partial charge in [0.1, 0.15) is 11.2 Å². The van der Waals surface area contributed by atoms with Gasteiger partial charge in [0.15, 0.2) is 7.28 Å². The molecule has 1 atom stereocenters. The predicted molar refractivity (Wildman–Crippen MR) is 247 cm³/mol. The van der Waals surface area contributed by atoms with Crippen molar-refractivity contribution in [3.8, 4) is 22.3 Å². The molecule has 1 aromatic heterocycles. The van der Waals surface area contributed by atoms with Gasteiger partial charge in [-0.15, -0.1) is 0 Å². The number of rotatable bonds is 3. The molecule has 0 fully saturated rings. The zero-order valence-corrected chi connectivity index (χ0v) is 34.9. The quantitative estimate of drug-likeness (QED) is 0.182. The Bertz CT molecular complexity index is 3230. The molecule has 1 radical (unpaired) electrons. The van der Waals surface area contributed by atoms with Gasteiger partial charge in [0, 0.05) is 44.2 Å². The van der Waals surface area contributed by atoms with E-state index in [1.807, 2.05) is 0 Å². The molecule has 0 amide bonds. The van der Waals surface area contributed by atoms with Crippen LogP contribution >= 0.6 is 0 Å². The minimum absolute atomic E-state index is 0.0975. The first-order chi connectivity index (χ1) is 28.4. The number of fused-ring (bicyclic) bond motifs is 8. The first-order valence-electron chi connectivity index (χ1n) is 21.5. The molecule has 8 aromatic rings.